The molecule has 0 aliphatic rings. The van der Waals surface area contributed by atoms with Gasteiger partial charge in [0.15, 0.2) is 0 Å². The number of halogens is 3. The summed E-state index contributed by atoms with van der Waals surface area (Å²) >= 11 is 3.31. The lowest BCUT2D eigenvalue weighted by atomic mass is 10.2. The van der Waals surface area contributed by atoms with Crippen LogP contribution in [0.5, 0.6) is 0 Å². The lowest BCUT2D eigenvalue weighted by molar-refractivity contribution is 0.620. The molecule has 0 unspecified atom stereocenters. The fourth-order valence-electron chi connectivity index (χ4n) is 1.75. The molecule has 0 radical (unpaired) electrons. The summed E-state index contributed by atoms with van der Waals surface area (Å²) in [6.45, 7) is 0.502. The molecule has 0 saturated heterocycles. The Balaban J connectivity index is 2.21. The summed E-state index contributed by atoms with van der Waals surface area (Å²) in [6, 6.07) is 11.1. The molecule has 2 rings (SSSR count). The van der Waals surface area contributed by atoms with Crippen molar-refractivity contribution >= 4 is 21.6 Å². The molecule has 0 saturated carbocycles. The van der Waals surface area contributed by atoms with Gasteiger partial charge in [-0.15, -0.1) is 0 Å². The molecule has 0 aliphatic carbocycles. The van der Waals surface area contributed by atoms with Gasteiger partial charge in [-0.25, -0.2) is 8.78 Å². The number of rotatable bonds is 3. The quantitative estimate of drug-likeness (QED) is 0.814. The van der Waals surface area contributed by atoms with Crippen molar-refractivity contribution in [2.75, 3.05) is 11.9 Å². The minimum absolute atomic E-state index is 0.266. The predicted molar refractivity (Wildman–Crippen MR) is 72.6 cm³/mol. The van der Waals surface area contributed by atoms with E-state index in [1.807, 2.05) is 0 Å². The van der Waals surface area contributed by atoms with E-state index in [2.05, 4.69) is 15.9 Å². The normalized spacial score (nSPS) is 10.4. The van der Waals surface area contributed by atoms with Crippen molar-refractivity contribution in [2.45, 2.75) is 6.54 Å². The molecular weight excluding hydrogens is 300 g/mol. The molecule has 18 heavy (non-hydrogen) atoms. The summed E-state index contributed by atoms with van der Waals surface area (Å²) < 4.78 is 27.2. The maximum atomic E-state index is 13.6. The molecule has 94 valence electrons. The van der Waals surface area contributed by atoms with Crippen molar-refractivity contribution in [1.29, 1.82) is 0 Å². The first-order valence-corrected chi connectivity index (χ1v) is 6.27. The first kappa shape index (κ1) is 13.0. The molecule has 0 atom stereocenters. The van der Waals surface area contributed by atoms with E-state index in [9.17, 15) is 8.78 Å². The summed E-state index contributed by atoms with van der Waals surface area (Å²) in [5.41, 5.74) is 1.43. The fraction of sp³-hybridized carbons (Fsp3) is 0.143. The van der Waals surface area contributed by atoms with Crippen LogP contribution in [-0.2, 0) is 6.54 Å². The highest BCUT2D eigenvalue weighted by Crippen LogP contribution is 2.23. The van der Waals surface area contributed by atoms with Gasteiger partial charge in [-0.2, -0.15) is 0 Å². The van der Waals surface area contributed by atoms with Crippen LogP contribution in [0.2, 0.25) is 0 Å². The monoisotopic (exact) mass is 311 g/mol. The molecule has 0 fully saturated rings. The average Bonchev–Trinajstić information content (AvgIpc) is 2.33. The number of anilines is 1. The fourth-order valence-corrected chi connectivity index (χ4v) is 2.23. The van der Waals surface area contributed by atoms with Gasteiger partial charge in [0, 0.05) is 18.1 Å². The van der Waals surface area contributed by atoms with E-state index in [0.717, 1.165) is 5.56 Å². The number of hydrogen-bond acceptors (Lipinski definition) is 1. The van der Waals surface area contributed by atoms with Crippen LogP contribution in [0.3, 0.4) is 0 Å². The van der Waals surface area contributed by atoms with Gasteiger partial charge in [-0.1, -0.05) is 34.1 Å². The van der Waals surface area contributed by atoms with E-state index in [1.54, 1.807) is 36.2 Å². The zero-order valence-electron chi connectivity index (χ0n) is 9.83. The molecule has 1 nitrogen and oxygen atoms in total. The molecule has 4 heteroatoms. The predicted octanol–water partition coefficient (Wildman–Crippen LogP) is 4.36. The van der Waals surface area contributed by atoms with E-state index in [-0.39, 0.29) is 11.6 Å². The van der Waals surface area contributed by atoms with E-state index in [4.69, 9.17) is 0 Å². The summed E-state index contributed by atoms with van der Waals surface area (Å²) in [5, 5.41) is 0. The minimum Gasteiger partial charge on any atom is -0.368 e. The zero-order valence-corrected chi connectivity index (χ0v) is 11.4. The van der Waals surface area contributed by atoms with Crippen LogP contribution in [0.15, 0.2) is 46.9 Å². The first-order valence-electron chi connectivity index (χ1n) is 5.47. The van der Waals surface area contributed by atoms with Gasteiger partial charge in [0.1, 0.15) is 11.6 Å². The Morgan fingerprint density at radius 2 is 1.83 bits per heavy atom. The largest absolute Gasteiger partial charge is 0.368 e. The Morgan fingerprint density at radius 1 is 1.11 bits per heavy atom. The number of benzene rings is 2. The Labute approximate surface area is 113 Å². The zero-order chi connectivity index (χ0) is 13.1. The Hall–Kier alpha value is -1.42. The van der Waals surface area contributed by atoms with Crippen molar-refractivity contribution in [2.24, 2.45) is 0 Å². The second kappa shape index (κ2) is 5.48. The summed E-state index contributed by atoms with van der Waals surface area (Å²) in [4.78, 5) is 1.79. The topological polar surface area (TPSA) is 3.24 Å². The molecule has 0 heterocycles. The maximum absolute atomic E-state index is 13.6. The highest BCUT2D eigenvalue weighted by atomic mass is 79.9. The second-order valence-corrected chi connectivity index (χ2v) is 4.90. The molecule has 2 aromatic carbocycles. The van der Waals surface area contributed by atoms with Crippen molar-refractivity contribution in [3.63, 3.8) is 0 Å². The molecule has 0 amide bonds. The number of para-hydroxylation sites is 1. The number of hydrogen-bond donors (Lipinski definition) is 0. The number of nitrogens with zero attached hydrogens (tertiary/aromatic N) is 1. The third-order valence-corrected chi connectivity index (χ3v) is 3.42. The third-order valence-electron chi connectivity index (χ3n) is 2.69. The highest BCUT2D eigenvalue weighted by Gasteiger charge is 2.09. The standard InChI is InChI=1S/C14H12BrF2N/c1-18(14-5-3-2-4-13(14)17)9-10-6-7-11(16)8-12(10)15/h2-8H,9H2,1H3. The smallest absolute Gasteiger partial charge is 0.146 e. The van der Waals surface area contributed by atoms with Crippen LogP contribution >= 0.6 is 15.9 Å². The van der Waals surface area contributed by atoms with Gasteiger partial charge < -0.3 is 4.90 Å². The molecule has 2 aromatic rings. The van der Waals surface area contributed by atoms with Crippen molar-refractivity contribution in [1.82, 2.24) is 0 Å². The lowest BCUT2D eigenvalue weighted by Crippen LogP contribution is -2.17. The molecule has 0 bridgehead atoms. The van der Waals surface area contributed by atoms with Gasteiger partial charge in [0.2, 0.25) is 0 Å². The third kappa shape index (κ3) is 2.88. The Kier molecular flexibility index (Phi) is 3.97. The van der Waals surface area contributed by atoms with Gasteiger partial charge >= 0.3 is 0 Å². The van der Waals surface area contributed by atoms with Gasteiger partial charge in [0.05, 0.1) is 5.69 Å². The van der Waals surface area contributed by atoms with Crippen LogP contribution in [0.4, 0.5) is 14.5 Å². The summed E-state index contributed by atoms with van der Waals surface area (Å²) in [5.74, 6) is -0.558. The highest BCUT2D eigenvalue weighted by molar-refractivity contribution is 9.10. The van der Waals surface area contributed by atoms with E-state index < -0.39 is 0 Å². The maximum Gasteiger partial charge on any atom is 0.146 e. The van der Waals surface area contributed by atoms with Gasteiger partial charge in [-0.05, 0) is 29.8 Å². The van der Waals surface area contributed by atoms with Crippen LogP contribution in [0.25, 0.3) is 0 Å². The summed E-state index contributed by atoms with van der Waals surface area (Å²) in [7, 11) is 1.80. The molecule has 0 aliphatic heterocycles. The molecule has 0 N–H and O–H groups in total. The minimum atomic E-state index is -0.292. The molecule has 0 spiro atoms. The van der Waals surface area contributed by atoms with Crippen LogP contribution in [-0.4, -0.2) is 7.05 Å². The van der Waals surface area contributed by atoms with Crippen LogP contribution in [0.1, 0.15) is 5.56 Å². The van der Waals surface area contributed by atoms with Crippen molar-refractivity contribution in [3.05, 3.63) is 64.1 Å². The Morgan fingerprint density at radius 3 is 2.50 bits per heavy atom. The first-order chi connectivity index (χ1) is 8.58. The van der Waals surface area contributed by atoms with Crippen LogP contribution < -0.4 is 4.90 Å². The lowest BCUT2D eigenvalue weighted by Gasteiger charge is -2.20. The summed E-state index contributed by atoms with van der Waals surface area (Å²) in [6.07, 6.45) is 0. The van der Waals surface area contributed by atoms with Crippen molar-refractivity contribution in [3.8, 4) is 0 Å². The van der Waals surface area contributed by atoms with Crippen LogP contribution in [0, 0.1) is 11.6 Å². The Bertz CT molecular complexity index is 557. The van der Waals surface area contributed by atoms with E-state index in [0.29, 0.717) is 16.7 Å². The van der Waals surface area contributed by atoms with Gasteiger partial charge in [0.25, 0.3) is 0 Å². The van der Waals surface area contributed by atoms with E-state index >= 15 is 0 Å². The van der Waals surface area contributed by atoms with Crippen molar-refractivity contribution < 1.29 is 8.78 Å². The van der Waals surface area contributed by atoms with E-state index in [1.165, 1.54) is 18.2 Å². The average molecular weight is 312 g/mol. The second-order valence-electron chi connectivity index (χ2n) is 4.04. The SMILES string of the molecule is CN(Cc1ccc(F)cc1Br)c1ccccc1F. The van der Waals surface area contributed by atoms with Gasteiger partial charge in [-0.3, -0.25) is 0 Å². The molecule has 0 aromatic heterocycles. The molecular formula is C14H12BrF2N.